The molecule has 3 rings (SSSR count). The summed E-state index contributed by atoms with van der Waals surface area (Å²) in [6.07, 6.45) is 2.91. The van der Waals surface area contributed by atoms with Crippen LogP contribution in [0.5, 0.6) is 5.75 Å². The minimum atomic E-state index is -0.361. The van der Waals surface area contributed by atoms with Crippen molar-refractivity contribution in [2.75, 3.05) is 17.7 Å². The van der Waals surface area contributed by atoms with Gasteiger partial charge < -0.3 is 15.4 Å². The van der Waals surface area contributed by atoms with Crippen molar-refractivity contribution in [2.24, 2.45) is 0 Å². The highest BCUT2D eigenvalue weighted by atomic mass is 35.5. The molecule has 7 heteroatoms. The third-order valence-corrected chi connectivity index (χ3v) is 4.58. The topological polar surface area (TPSA) is 67.4 Å². The fourth-order valence-corrected chi connectivity index (χ4v) is 3.32. The van der Waals surface area contributed by atoms with Crippen LogP contribution in [0.1, 0.15) is 15.9 Å². The zero-order chi connectivity index (χ0) is 21.5. The largest absolute Gasteiger partial charge is 0.495 e. The van der Waals surface area contributed by atoms with Gasteiger partial charge in [0.1, 0.15) is 5.75 Å². The molecule has 0 heterocycles. The number of rotatable bonds is 6. The van der Waals surface area contributed by atoms with Crippen molar-refractivity contribution in [3.05, 3.63) is 94.0 Å². The van der Waals surface area contributed by atoms with Crippen molar-refractivity contribution in [2.45, 2.75) is 0 Å². The van der Waals surface area contributed by atoms with Gasteiger partial charge in [0.25, 0.3) is 5.91 Å². The Hall–Kier alpha value is -3.28. The average Bonchev–Trinajstić information content (AvgIpc) is 2.73. The zero-order valence-corrected chi connectivity index (χ0v) is 17.5. The standard InChI is InChI=1S/C23H18Cl2N2O3/c1-30-22-16(12-17(24)13-20(22)25)10-11-21(28)26-18-8-5-9-19(14-18)27-23(29)15-6-3-2-4-7-15/h2-14H,1H3,(H,26,28)(H,27,29)/b11-10+. The Morgan fingerprint density at radius 1 is 0.900 bits per heavy atom. The van der Waals surface area contributed by atoms with Crippen LogP contribution in [-0.2, 0) is 4.79 Å². The van der Waals surface area contributed by atoms with Crippen LogP contribution in [0.4, 0.5) is 11.4 Å². The Morgan fingerprint density at radius 3 is 2.30 bits per heavy atom. The van der Waals surface area contributed by atoms with E-state index in [4.69, 9.17) is 27.9 Å². The molecule has 0 saturated carbocycles. The summed E-state index contributed by atoms with van der Waals surface area (Å²) in [7, 11) is 1.49. The van der Waals surface area contributed by atoms with Crippen LogP contribution in [0.3, 0.4) is 0 Å². The van der Waals surface area contributed by atoms with E-state index in [-0.39, 0.29) is 11.8 Å². The molecule has 3 aromatic carbocycles. The van der Waals surface area contributed by atoms with Gasteiger partial charge in [-0.3, -0.25) is 9.59 Å². The van der Waals surface area contributed by atoms with Crippen molar-refractivity contribution >= 4 is 52.5 Å². The van der Waals surface area contributed by atoms with Gasteiger partial charge in [-0.1, -0.05) is 47.5 Å². The minimum Gasteiger partial charge on any atom is -0.495 e. The summed E-state index contributed by atoms with van der Waals surface area (Å²) < 4.78 is 5.26. The van der Waals surface area contributed by atoms with Crippen molar-refractivity contribution in [3.63, 3.8) is 0 Å². The van der Waals surface area contributed by atoms with Gasteiger partial charge in [-0.15, -0.1) is 0 Å². The second kappa shape index (κ2) is 9.96. The van der Waals surface area contributed by atoms with Gasteiger partial charge >= 0.3 is 0 Å². The van der Waals surface area contributed by atoms with Gasteiger partial charge in [-0.25, -0.2) is 0 Å². The lowest BCUT2D eigenvalue weighted by molar-refractivity contribution is -0.111. The smallest absolute Gasteiger partial charge is 0.255 e. The number of amides is 2. The number of halogens is 2. The quantitative estimate of drug-likeness (QED) is 0.468. The van der Waals surface area contributed by atoms with E-state index in [2.05, 4.69) is 10.6 Å². The summed E-state index contributed by atoms with van der Waals surface area (Å²) in [5.74, 6) is -0.167. The van der Waals surface area contributed by atoms with Crippen LogP contribution in [-0.4, -0.2) is 18.9 Å². The van der Waals surface area contributed by atoms with Gasteiger partial charge in [0, 0.05) is 33.6 Å². The third-order valence-electron chi connectivity index (χ3n) is 4.08. The number of ether oxygens (including phenoxy) is 1. The maximum absolute atomic E-state index is 12.3. The number of hydrogen-bond acceptors (Lipinski definition) is 3. The molecular weight excluding hydrogens is 423 g/mol. The molecule has 0 aromatic heterocycles. The van der Waals surface area contributed by atoms with E-state index in [1.807, 2.05) is 6.07 Å². The molecule has 5 nitrogen and oxygen atoms in total. The molecule has 0 atom stereocenters. The first-order chi connectivity index (χ1) is 14.5. The van der Waals surface area contributed by atoms with E-state index < -0.39 is 0 Å². The van der Waals surface area contributed by atoms with E-state index in [1.54, 1.807) is 66.7 Å². The average molecular weight is 441 g/mol. The summed E-state index contributed by atoms with van der Waals surface area (Å²) in [6, 6.07) is 19.0. The number of benzene rings is 3. The predicted octanol–water partition coefficient (Wildman–Crippen LogP) is 5.91. The molecule has 0 aliphatic heterocycles. The first kappa shape index (κ1) is 21.4. The first-order valence-electron chi connectivity index (χ1n) is 8.95. The van der Waals surface area contributed by atoms with E-state index in [0.29, 0.717) is 38.3 Å². The third kappa shape index (κ3) is 5.63. The lowest BCUT2D eigenvalue weighted by atomic mass is 10.2. The van der Waals surface area contributed by atoms with Crippen LogP contribution in [0.15, 0.2) is 72.8 Å². The number of carbonyl (C=O) groups excluding carboxylic acids is 2. The fraction of sp³-hybridized carbons (Fsp3) is 0.0435. The van der Waals surface area contributed by atoms with Gasteiger partial charge in [-0.2, -0.15) is 0 Å². The van der Waals surface area contributed by atoms with Gasteiger partial charge in [-0.05, 0) is 48.5 Å². The van der Waals surface area contributed by atoms with Crippen LogP contribution >= 0.6 is 23.2 Å². The maximum Gasteiger partial charge on any atom is 0.255 e. The molecule has 2 amide bonds. The number of nitrogens with one attached hydrogen (secondary N) is 2. The van der Waals surface area contributed by atoms with E-state index >= 15 is 0 Å². The molecule has 3 aromatic rings. The van der Waals surface area contributed by atoms with E-state index in [0.717, 1.165) is 0 Å². The van der Waals surface area contributed by atoms with Crippen molar-refractivity contribution in [3.8, 4) is 5.75 Å². The molecule has 152 valence electrons. The molecule has 0 bridgehead atoms. The second-order valence-corrected chi connectivity index (χ2v) is 7.08. The lowest BCUT2D eigenvalue weighted by Gasteiger charge is -2.09. The minimum absolute atomic E-state index is 0.232. The molecule has 0 radical (unpaired) electrons. The molecule has 0 unspecified atom stereocenters. The summed E-state index contributed by atoms with van der Waals surface area (Å²) in [5, 5.41) is 6.34. The highest BCUT2D eigenvalue weighted by Crippen LogP contribution is 2.33. The van der Waals surface area contributed by atoms with Crippen LogP contribution in [0.25, 0.3) is 6.08 Å². The molecular formula is C23H18Cl2N2O3. The molecule has 0 fully saturated rings. The van der Waals surface area contributed by atoms with Gasteiger partial charge in [0.2, 0.25) is 5.91 Å². The van der Waals surface area contributed by atoms with Crippen LogP contribution in [0, 0.1) is 0 Å². The molecule has 30 heavy (non-hydrogen) atoms. The fourth-order valence-electron chi connectivity index (χ4n) is 2.74. The summed E-state index contributed by atoms with van der Waals surface area (Å²) in [6.45, 7) is 0. The Morgan fingerprint density at radius 2 is 1.60 bits per heavy atom. The number of hydrogen-bond donors (Lipinski definition) is 2. The summed E-state index contributed by atoms with van der Waals surface area (Å²) in [5.41, 5.74) is 2.22. The second-order valence-electron chi connectivity index (χ2n) is 6.23. The molecule has 0 saturated heterocycles. The number of methoxy groups -OCH3 is 1. The molecule has 2 N–H and O–H groups in total. The highest BCUT2D eigenvalue weighted by Gasteiger charge is 2.09. The predicted molar refractivity (Wildman–Crippen MR) is 122 cm³/mol. The Labute approximate surface area is 184 Å². The van der Waals surface area contributed by atoms with Gasteiger partial charge in [0.15, 0.2) is 0 Å². The first-order valence-corrected chi connectivity index (χ1v) is 9.70. The van der Waals surface area contributed by atoms with Crippen LogP contribution in [0.2, 0.25) is 10.0 Å². The SMILES string of the molecule is COc1c(Cl)cc(Cl)cc1/C=C/C(=O)Nc1cccc(NC(=O)c2ccccc2)c1. The highest BCUT2D eigenvalue weighted by molar-refractivity contribution is 6.36. The van der Waals surface area contributed by atoms with Gasteiger partial charge in [0.05, 0.1) is 12.1 Å². The van der Waals surface area contributed by atoms with Crippen LogP contribution < -0.4 is 15.4 Å². The number of anilines is 2. The monoisotopic (exact) mass is 440 g/mol. The Bertz CT molecular complexity index is 1100. The normalized spacial score (nSPS) is 10.6. The van der Waals surface area contributed by atoms with E-state index in [9.17, 15) is 9.59 Å². The molecule has 0 aliphatic carbocycles. The zero-order valence-electron chi connectivity index (χ0n) is 16.0. The van der Waals surface area contributed by atoms with Crippen molar-refractivity contribution in [1.82, 2.24) is 0 Å². The maximum atomic E-state index is 12.3. The number of carbonyl (C=O) groups is 2. The lowest BCUT2D eigenvalue weighted by Crippen LogP contribution is -2.12. The summed E-state index contributed by atoms with van der Waals surface area (Å²) >= 11 is 12.1. The Kier molecular flexibility index (Phi) is 7.12. The Balaban J connectivity index is 1.68. The van der Waals surface area contributed by atoms with Crippen molar-refractivity contribution < 1.29 is 14.3 Å². The molecule has 0 spiro atoms. The molecule has 0 aliphatic rings. The van der Waals surface area contributed by atoms with E-state index in [1.165, 1.54) is 13.2 Å². The summed E-state index contributed by atoms with van der Waals surface area (Å²) in [4.78, 5) is 24.6. The van der Waals surface area contributed by atoms with Crippen molar-refractivity contribution in [1.29, 1.82) is 0 Å².